The first-order chi connectivity index (χ1) is 16.5. The number of amides is 1. The van der Waals surface area contributed by atoms with E-state index in [0.717, 1.165) is 41.9 Å². The van der Waals surface area contributed by atoms with Gasteiger partial charge in [-0.1, -0.05) is 36.4 Å². The van der Waals surface area contributed by atoms with Crippen molar-refractivity contribution in [1.29, 1.82) is 0 Å². The van der Waals surface area contributed by atoms with Crippen molar-refractivity contribution in [1.82, 2.24) is 10.2 Å². The van der Waals surface area contributed by atoms with E-state index in [-0.39, 0.29) is 23.5 Å². The molecule has 7 heteroatoms. The van der Waals surface area contributed by atoms with Crippen molar-refractivity contribution in [3.05, 3.63) is 93.2 Å². The molecule has 1 aliphatic heterocycles. The summed E-state index contributed by atoms with van der Waals surface area (Å²) in [5, 5.41) is 5.24. The maximum absolute atomic E-state index is 13.7. The second kappa shape index (κ2) is 9.56. The smallest absolute Gasteiger partial charge is 0.225 e. The van der Waals surface area contributed by atoms with Crippen LogP contribution in [-0.4, -0.2) is 37.1 Å². The molecule has 4 nitrogen and oxygen atoms in total. The minimum atomic E-state index is -0.820. The van der Waals surface area contributed by atoms with Gasteiger partial charge >= 0.3 is 0 Å². The quantitative estimate of drug-likeness (QED) is 0.538. The standard InChI is InChI=1S/C27H28F2N2O2S/c1-33-26-25(30-24(32)16-19-5-4-14-34-19)20-6-2-3-7-21(20)27(26)10-12-31(13-11-27)17-18-8-9-22(28)23(29)15-18/h2-9,14-15,25-26H,10-13,16-17H2,1H3,(H,30,32)/t25-,26+/m0/s1. The normalized spacial score (nSPS) is 21.5. The maximum Gasteiger partial charge on any atom is 0.225 e. The number of hydrogen-bond donors (Lipinski definition) is 1. The van der Waals surface area contributed by atoms with Gasteiger partial charge in [-0.15, -0.1) is 11.3 Å². The number of halogens is 2. The first-order valence-corrected chi connectivity index (χ1v) is 12.5. The summed E-state index contributed by atoms with van der Waals surface area (Å²) in [6.45, 7) is 2.19. The average molecular weight is 483 g/mol. The predicted octanol–water partition coefficient (Wildman–Crippen LogP) is 4.99. The summed E-state index contributed by atoms with van der Waals surface area (Å²) in [6, 6.07) is 16.2. The molecule has 2 atom stereocenters. The van der Waals surface area contributed by atoms with Gasteiger partial charge in [0, 0.05) is 23.9 Å². The lowest BCUT2D eigenvalue weighted by Crippen LogP contribution is -2.50. The number of fused-ring (bicyclic) bond motifs is 2. The second-order valence-electron chi connectivity index (χ2n) is 9.23. The number of piperidine rings is 1. The minimum Gasteiger partial charge on any atom is -0.378 e. The van der Waals surface area contributed by atoms with E-state index >= 15 is 0 Å². The van der Waals surface area contributed by atoms with Crippen LogP contribution in [0, 0.1) is 11.6 Å². The Balaban J connectivity index is 1.34. The number of rotatable bonds is 6. The van der Waals surface area contributed by atoms with Gasteiger partial charge in [-0.3, -0.25) is 9.69 Å². The number of likely N-dealkylation sites (tertiary alicyclic amines) is 1. The van der Waals surface area contributed by atoms with Crippen LogP contribution in [0.3, 0.4) is 0 Å². The van der Waals surface area contributed by atoms with Gasteiger partial charge in [-0.2, -0.15) is 0 Å². The summed E-state index contributed by atoms with van der Waals surface area (Å²) in [7, 11) is 1.73. The Labute approximate surface area is 202 Å². The van der Waals surface area contributed by atoms with Crippen LogP contribution in [-0.2, 0) is 27.9 Å². The van der Waals surface area contributed by atoms with Gasteiger partial charge in [0.15, 0.2) is 11.6 Å². The summed E-state index contributed by atoms with van der Waals surface area (Å²) in [6.07, 6.45) is 1.93. The number of thiophene rings is 1. The zero-order chi connectivity index (χ0) is 23.7. The van der Waals surface area contributed by atoms with Crippen molar-refractivity contribution in [2.24, 2.45) is 0 Å². The van der Waals surface area contributed by atoms with E-state index in [1.165, 1.54) is 17.7 Å². The molecule has 3 aromatic rings. The van der Waals surface area contributed by atoms with E-state index in [4.69, 9.17) is 4.74 Å². The van der Waals surface area contributed by atoms with E-state index in [0.29, 0.717) is 13.0 Å². The highest BCUT2D eigenvalue weighted by molar-refractivity contribution is 7.10. The van der Waals surface area contributed by atoms with Gasteiger partial charge in [-0.25, -0.2) is 8.78 Å². The molecule has 1 saturated heterocycles. The van der Waals surface area contributed by atoms with E-state index in [9.17, 15) is 13.6 Å². The molecule has 2 aliphatic rings. The summed E-state index contributed by atoms with van der Waals surface area (Å²) >= 11 is 1.58. The van der Waals surface area contributed by atoms with Crippen molar-refractivity contribution in [3.8, 4) is 0 Å². The topological polar surface area (TPSA) is 41.6 Å². The number of methoxy groups -OCH3 is 1. The van der Waals surface area contributed by atoms with E-state index < -0.39 is 11.6 Å². The van der Waals surface area contributed by atoms with Gasteiger partial charge in [0.25, 0.3) is 0 Å². The molecule has 1 N–H and O–H groups in total. The molecule has 2 aromatic carbocycles. The number of benzene rings is 2. The Morgan fingerprint density at radius 3 is 2.62 bits per heavy atom. The van der Waals surface area contributed by atoms with Crippen LogP contribution in [0.5, 0.6) is 0 Å². The fraction of sp³-hybridized carbons (Fsp3) is 0.370. The second-order valence-corrected chi connectivity index (χ2v) is 10.3. The molecular weight excluding hydrogens is 454 g/mol. The monoisotopic (exact) mass is 482 g/mol. The molecule has 0 radical (unpaired) electrons. The molecule has 1 aromatic heterocycles. The highest BCUT2D eigenvalue weighted by Crippen LogP contribution is 2.52. The van der Waals surface area contributed by atoms with Crippen molar-refractivity contribution in [2.45, 2.75) is 43.4 Å². The minimum absolute atomic E-state index is 0.00266. The number of carbonyl (C=O) groups is 1. The Kier molecular flexibility index (Phi) is 6.51. The molecule has 2 heterocycles. The van der Waals surface area contributed by atoms with Crippen LogP contribution in [0.15, 0.2) is 60.0 Å². The molecule has 178 valence electrons. The fourth-order valence-electron chi connectivity index (χ4n) is 5.73. The lowest BCUT2D eigenvalue weighted by Gasteiger charge is -2.44. The van der Waals surface area contributed by atoms with Crippen molar-refractivity contribution in [2.75, 3.05) is 20.2 Å². The molecule has 1 spiro atoms. The SMILES string of the molecule is CO[C@@H]1[C@@H](NC(=O)Cc2cccs2)c2ccccc2C12CCN(Cc1ccc(F)c(F)c1)CC2. The molecule has 1 fully saturated rings. The molecule has 1 amide bonds. The number of ether oxygens (including phenoxy) is 1. The zero-order valence-electron chi connectivity index (χ0n) is 19.1. The van der Waals surface area contributed by atoms with Gasteiger partial charge in [-0.05, 0) is 66.2 Å². The average Bonchev–Trinajstić information content (AvgIpc) is 3.43. The highest BCUT2D eigenvalue weighted by Gasteiger charge is 2.53. The van der Waals surface area contributed by atoms with Gasteiger partial charge < -0.3 is 10.1 Å². The van der Waals surface area contributed by atoms with Crippen LogP contribution in [0.4, 0.5) is 8.78 Å². The lowest BCUT2D eigenvalue weighted by atomic mass is 9.72. The predicted molar refractivity (Wildman–Crippen MR) is 129 cm³/mol. The Morgan fingerprint density at radius 2 is 1.91 bits per heavy atom. The molecule has 0 saturated carbocycles. The lowest BCUT2D eigenvalue weighted by molar-refractivity contribution is -0.122. The molecule has 0 bridgehead atoms. The molecule has 34 heavy (non-hydrogen) atoms. The number of carbonyl (C=O) groups excluding carboxylic acids is 1. The number of nitrogens with one attached hydrogen (secondary N) is 1. The van der Waals surface area contributed by atoms with Crippen molar-refractivity contribution in [3.63, 3.8) is 0 Å². The van der Waals surface area contributed by atoms with Crippen molar-refractivity contribution < 1.29 is 18.3 Å². The molecule has 0 unspecified atom stereocenters. The summed E-state index contributed by atoms with van der Waals surface area (Å²) in [5.74, 6) is -1.63. The number of nitrogens with zero attached hydrogens (tertiary/aromatic N) is 1. The fourth-order valence-corrected chi connectivity index (χ4v) is 6.43. The van der Waals surface area contributed by atoms with Crippen LogP contribution in [0.1, 0.15) is 40.5 Å². The maximum atomic E-state index is 13.7. The Hall–Kier alpha value is -2.61. The van der Waals surface area contributed by atoms with E-state index in [2.05, 4.69) is 28.4 Å². The Morgan fingerprint density at radius 1 is 1.12 bits per heavy atom. The summed E-state index contributed by atoms with van der Waals surface area (Å²) < 4.78 is 33.1. The van der Waals surface area contributed by atoms with E-state index in [1.54, 1.807) is 24.5 Å². The van der Waals surface area contributed by atoms with Crippen LogP contribution in [0.2, 0.25) is 0 Å². The van der Waals surface area contributed by atoms with Crippen LogP contribution >= 0.6 is 11.3 Å². The third-order valence-electron chi connectivity index (χ3n) is 7.30. The molecule has 5 rings (SSSR count). The molecular formula is C27H28F2N2O2S. The summed E-state index contributed by atoms with van der Waals surface area (Å²) in [5.41, 5.74) is 2.94. The van der Waals surface area contributed by atoms with Gasteiger partial charge in [0.1, 0.15) is 0 Å². The first kappa shape index (κ1) is 23.1. The first-order valence-electron chi connectivity index (χ1n) is 11.6. The summed E-state index contributed by atoms with van der Waals surface area (Å²) in [4.78, 5) is 16.2. The largest absolute Gasteiger partial charge is 0.378 e. The zero-order valence-corrected chi connectivity index (χ0v) is 19.9. The Bertz CT molecular complexity index is 1160. The van der Waals surface area contributed by atoms with Crippen molar-refractivity contribution >= 4 is 17.2 Å². The third kappa shape index (κ3) is 4.28. The highest BCUT2D eigenvalue weighted by atomic mass is 32.1. The van der Waals surface area contributed by atoms with Gasteiger partial charge in [0.2, 0.25) is 5.91 Å². The molecule has 1 aliphatic carbocycles. The third-order valence-corrected chi connectivity index (χ3v) is 8.18. The van der Waals surface area contributed by atoms with Crippen LogP contribution < -0.4 is 5.32 Å². The van der Waals surface area contributed by atoms with E-state index in [1.807, 2.05) is 23.6 Å². The van der Waals surface area contributed by atoms with Crippen LogP contribution in [0.25, 0.3) is 0 Å². The van der Waals surface area contributed by atoms with Gasteiger partial charge in [0.05, 0.1) is 18.6 Å². The number of hydrogen-bond acceptors (Lipinski definition) is 4.